The average Bonchev–Trinajstić information content (AvgIpc) is 3.21. The number of aromatic nitrogens is 3. The highest BCUT2D eigenvalue weighted by Gasteiger charge is 2.19. The van der Waals surface area contributed by atoms with Crippen molar-refractivity contribution in [1.82, 2.24) is 20.5 Å². The van der Waals surface area contributed by atoms with Crippen molar-refractivity contribution in [3.05, 3.63) is 59.9 Å². The van der Waals surface area contributed by atoms with Crippen molar-refractivity contribution in [2.45, 2.75) is 30.5 Å². The van der Waals surface area contributed by atoms with Gasteiger partial charge in [0.2, 0.25) is 0 Å². The van der Waals surface area contributed by atoms with Crippen LogP contribution in [0, 0.1) is 0 Å². The lowest BCUT2D eigenvalue weighted by atomic mass is 10.2. The van der Waals surface area contributed by atoms with Crippen LogP contribution in [0.5, 0.6) is 5.75 Å². The second-order valence-electron chi connectivity index (χ2n) is 6.64. The molecule has 0 bridgehead atoms. The number of H-pyrrole nitrogens is 1. The van der Waals surface area contributed by atoms with Gasteiger partial charge in [-0.25, -0.2) is 13.4 Å². The number of carbonyl (C=O) groups is 1. The summed E-state index contributed by atoms with van der Waals surface area (Å²) in [5.74, 6) is 1.42. The molecular formula is C20H22N4O4S. The average molecular weight is 414 g/mol. The Morgan fingerprint density at radius 1 is 1.10 bits per heavy atom. The maximum atomic E-state index is 12.3. The first-order valence-corrected chi connectivity index (χ1v) is 10.5. The van der Waals surface area contributed by atoms with Crippen molar-refractivity contribution >= 4 is 15.7 Å². The molecule has 3 rings (SSSR count). The fraction of sp³-hybridized carbons (Fsp3) is 0.250. The second-order valence-corrected chi connectivity index (χ2v) is 9.14. The molecule has 0 atom stereocenters. The van der Waals surface area contributed by atoms with Gasteiger partial charge in [0.15, 0.2) is 15.7 Å². The van der Waals surface area contributed by atoms with E-state index in [4.69, 9.17) is 4.74 Å². The van der Waals surface area contributed by atoms with Gasteiger partial charge < -0.3 is 10.1 Å². The van der Waals surface area contributed by atoms with Crippen molar-refractivity contribution in [1.29, 1.82) is 0 Å². The Morgan fingerprint density at radius 2 is 1.76 bits per heavy atom. The molecule has 1 aromatic heterocycles. The second kappa shape index (κ2) is 8.44. The Balaban J connectivity index is 1.63. The number of amides is 1. The summed E-state index contributed by atoms with van der Waals surface area (Å²) < 4.78 is 29.4. The minimum atomic E-state index is -3.37. The number of benzene rings is 2. The van der Waals surface area contributed by atoms with Crippen molar-refractivity contribution in [3.8, 4) is 17.1 Å². The Morgan fingerprint density at radius 3 is 2.34 bits per heavy atom. The number of carbonyl (C=O) groups excluding carboxylic acids is 1. The molecule has 29 heavy (non-hydrogen) atoms. The van der Waals surface area contributed by atoms with E-state index in [9.17, 15) is 13.2 Å². The van der Waals surface area contributed by atoms with Gasteiger partial charge in [0.05, 0.1) is 23.8 Å². The van der Waals surface area contributed by atoms with Gasteiger partial charge in [-0.15, -0.1) is 0 Å². The van der Waals surface area contributed by atoms with Crippen molar-refractivity contribution in [2.24, 2.45) is 0 Å². The van der Waals surface area contributed by atoms with E-state index >= 15 is 0 Å². The highest BCUT2D eigenvalue weighted by Crippen LogP contribution is 2.19. The first kappa shape index (κ1) is 20.5. The summed E-state index contributed by atoms with van der Waals surface area (Å²) in [6.45, 7) is 3.40. The van der Waals surface area contributed by atoms with Crippen LogP contribution in [0.1, 0.15) is 30.0 Å². The van der Waals surface area contributed by atoms with Crippen LogP contribution < -0.4 is 10.1 Å². The molecule has 2 N–H and O–H groups in total. The molecule has 8 nitrogen and oxygen atoms in total. The third-order valence-corrected chi connectivity index (χ3v) is 6.53. The third kappa shape index (κ3) is 4.62. The molecule has 0 saturated heterocycles. The van der Waals surface area contributed by atoms with Crippen LogP contribution in [0.25, 0.3) is 11.4 Å². The van der Waals surface area contributed by atoms with Gasteiger partial charge in [0.1, 0.15) is 11.6 Å². The molecule has 0 aliphatic rings. The molecule has 0 unspecified atom stereocenters. The zero-order valence-corrected chi connectivity index (χ0v) is 17.2. The van der Waals surface area contributed by atoms with Gasteiger partial charge in [-0.3, -0.25) is 9.89 Å². The Bertz CT molecular complexity index is 1090. The van der Waals surface area contributed by atoms with Crippen molar-refractivity contribution < 1.29 is 17.9 Å². The molecule has 3 aromatic rings. The minimum absolute atomic E-state index is 0.161. The minimum Gasteiger partial charge on any atom is -0.497 e. The van der Waals surface area contributed by atoms with Gasteiger partial charge in [-0.1, -0.05) is 0 Å². The number of nitrogens with zero attached hydrogens (tertiary/aromatic N) is 2. The van der Waals surface area contributed by atoms with E-state index in [0.29, 0.717) is 17.2 Å². The zero-order valence-electron chi connectivity index (χ0n) is 16.3. The smallest absolute Gasteiger partial charge is 0.251 e. The lowest BCUT2D eigenvalue weighted by Crippen LogP contribution is -2.23. The van der Waals surface area contributed by atoms with E-state index in [1.807, 2.05) is 24.3 Å². The van der Waals surface area contributed by atoms with Crippen LogP contribution in [-0.4, -0.2) is 41.9 Å². The van der Waals surface area contributed by atoms with Gasteiger partial charge in [-0.2, -0.15) is 5.10 Å². The monoisotopic (exact) mass is 414 g/mol. The van der Waals surface area contributed by atoms with E-state index in [1.54, 1.807) is 21.0 Å². The summed E-state index contributed by atoms with van der Waals surface area (Å²) in [5.41, 5.74) is 1.18. The van der Waals surface area contributed by atoms with Crippen molar-refractivity contribution in [3.63, 3.8) is 0 Å². The SMILES string of the molecule is COc1ccc(-c2n[nH]c(CNC(=O)c3ccc(S(=O)(=O)C(C)C)cc3)n2)cc1. The zero-order chi connectivity index (χ0) is 21.0. The normalized spacial score (nSPS) is 11.4. The van der Waals surface area contributed by atoms with Gasteiger partial charge >= 0.3 is 0 Å². The van der Waals surface area contributed by atoms with Gasteiger partial charge in [0, 0.05) is 11.1 Å². The van der Waals surface area contributed by atoms with Crippen LogP contribution in [0.2, 0.25) is 0 Å². The lowest BCUT2D eigenvalue weighted by molar-refractivity contribution is 0.0950. The number of hydrogen-bond acceptors (Lipinski definition) is 6. The fourth-order valence-corrected chi connectivity index (χ4v) is 3.64. The van der Waals surface area contributed by atoms with Crippen LogP contribution in [-0.2, 0) is 16.4 Å². The molecular weight excluding hydrogens is 392 g/mol. The largest absolute Gasteiger partial charge is 0.497 e. The summed E-state index contributed by atoms with van der Waals surface area (Å²) in [5, 5.41) is 9.16. The number of methoxy groups -OCH3 is 1. The third-order valence-electron chi connectivity index (χ3n) is 4.36. The molecule has 2 aromatic carbocycles. The molecule has 9 heteroatoms. The molecule has 1 amide bonds. The summed E-state index contributed by atoms with van der Waals surface area (Å²) >= 11 is 0. The number of nitrogens with one attached hydrogen (secondary N) is 2. The predicted molar refractivity (Wildman–Crippen MR) is 108 cm³/mol. The molecule has 0 radical (unpaired) electrons. The Kier molecular flexibility index (Phi) is 5.97. The van der Waals surface area contributed by atoms with Gasteiger partial charge in [-0.05, 0) is 62.4 Å². The number of hydrogen-bond donors (Lipinski definition) is 2. The Hall–Kier alpha value is -3.20. The summed E-state index contributed by atoms with van der Waals surface area (Å²) in [7, 11) is -1.77. The molecule has 0 aliphatic heterocycles. The molecule has 0 saturated carbocycles. The van der Waals surface area contributed by atoms with Crippen LogP contribution in [0.4, 0.5) is 0 Å². The summed E-state index contributed by atoms with van der Waals surface area (Å²) in [6.07, 6.45) is 0. The van der Waals surface area contributed by atoms with Crippen molar-refractivity contribution in [2.75, 3.05) is 7.11 Å². The number of ether oxygens (including phenoxy) is 1. The van der Waals surface area contributed by atoms with E-state index < -0.39 is 15.1 Å². The van der Waals surface area contributed by atoms with Crippen LogP contribution in [0.3, 0.4) is 0 Å². The quantitative estimate of drug-likeness (QED) is 0.614. The topological polar surface area (TPSA) is 114 Å². The lowest BCUT2D eigenvalue weighted by Gasteiger charge is -2.08. The standard InChI is InChI=1S/C20H22N4O4S/c1-13(2)29(26,27)17-10-6-15(7-11-17)20(25)21-12-18-22-19(24-23-18)14-4-8-16(28-3)9-5-14/h4-11,13H,12H2,1-3H3,(H,21,25)(H,22,23,24). The number of rotatable bonds is 7. The number of aromatic amines is 1. The van der Waals surface area contributed by atoms with E-state index in [1.165, 1.54) is 24.3 Å². The van der Waals surface area contributed by atoms with Gasteiger partial charge in [0.25, 0.3) is 5.91 Å². The van der Waals surface area contributed by atoms with E-state index in [0.717, 1.165) is 11.3 Å². The van der Waals surface area contributed by atoms with Crippen LogP contribution in [0.15, 0.2) is 53.4 Å². The Labute approximate surface area is 169 Å². The first-order valence-electron chi connectivity index (χ1n) is 8.99. The van der Waals surface area contributed by atoms with E-state index in [2.05, 4.69) is 20.5 Å². The summed E-state index contributed by atoms with van der Waals surface area (Å²) in [6, 6.07) is 13.2. The molecule has 0 spiro atoms. The highest BCUT2D eigenvalue weighted by molar-refractivity contribution is 7.92. The first-order chi connectivity index (χ1) is 13.8. The maximum Gasteiger partial charge on any atom is 0.251 e. The van der Waals surface area contributed by atoms with E-state index in [-0.39, 0.29) is 17.3 Å². The molecule has 0 aliphatic carbocycles. The molecule has 152 valence electrons. The summed E-state index contributed by atoms with van der Waals surface area (Å²) in [4.78, 5) is 16.9. The predicted octanol–water partition coefficient (Wildman–Crippen LogP) is 2.59. The maximum absolute atomic E-state index is 12.3. The highest BCUT2D eigenvalue weighted by atomic mass is 32.2. The fourth-order valence-electron chi connectivity index (χ4n) is 2.58. The number of sulfone groups is 1. The van der Waals surface area contributed by atoms with Crippen LogP contribution >= 0.6 is 0 Å². The molecule has 1 heterocycles. The molecule has 0 fully saturated rings.